The Morgan fingerprint density at radius 1 is 1.41 bits per heavy atom. The molecule has 2 amide bonds. The van der Waals surface area contributed by atoms with Gasteiger partial charge in [0, 0.05) is 29.5 Å². The minimum absolute atomic E-state index is 0.0423. The second kappa shape index (κ2) is 8.07. The van der Waals surface area contributed by atoms with Gasteiger partial charge in [-0.15, -0.1) is 6.58 Å². The number of nitrogens with zero attached hydrogens (tertiary/aromatic N) is 2. The Hall–Kier alpha value is -3.17. The Morgan fingerprint density at radius 2 is 2.16 bits per heavy atom. The molecule has 2 heterocycles. The summed E-state index contributed by atoms with van der Waals surface area (Å²) in [5.41, 5.74) is 20.8. The van der Waals surface area contributed by atoms with Crippen LogP contribution in [0.15, 0.2) is 30.9 Å². The molecule has 1 aromatic carbocycles. The van der Waals surface area contributed by atoms with Gasteiger partial charge < -0.3 is 27.3 Å². The van der Waals surface area contributed by atoms with Crippen molar-refractivity contribution in [1.82, 2.24) is 15.1 Å². The molecule has 0 saturated heterocycles. The summed E-state index contributed by atoms with van der Waals surface area (Å²) in [4.78, 5) is 25.3. The second-order valence-corrected chi connectivity index (χ2v) is 8.67. The smallest absolute Gasteiger partial charge is 0.271 e. The number of nitrogens with one attached hydrogen (secondary N) is 1. The maximum Gasteiger partial charge on any atom is 0.271 e. The van der Waals surface area contributed by atoms with Crippen LogP contribution in [0.5, 0.6) is 5.75 Å². The topological polar surface area (TPSA) is 151 Å². The number of aromatic nitrogens is 2. The van der Waals surface area contributed by atoms with Gasteiger partial charge in [-0.3, -0.25) is 14.3 Å². The summed E-state index contributed by atoms with van der Waals surface area (Å²) in [6.07, 6.45) is 3.28. The molecule has 4 atom stereocenters. The first-order chi connectivity index (χ1) is 15.2. The van der Waals surface area contributed by atoms with Gasteiger partial charge >= 0.3 is 0 Å². The molecule has 2 unspecified atom stereocenters. The molecular formula is C23H30N6O3. The fourth-order valence-electron chi connectivity index (χ4n) is 5.05. The number of primary amides is 1. The van der Waals surface area contributed by atoms with Gasteiger partial charge in [0.25, 0.3) is 5.91 Å². The summed E-state index contributed by atoms with van der Waals surface area (Å²) in [5, 5.41) is 7.44. The van der Waals surface area contributed by atoms with E-state index >= 15 is 0 Å². The molecule has 9 heteroatoms. The number of allylic oxidation sites excluding steroid dienone is 1. The largest absolute Gasteiger partial charge is 0.493 e. The number of rotatable bonds is 7. The number of carbonyl (C=O) groups excluding carboxylic acids is 2. The predicted molar refractivity (Wildman–Crippen MR) is 120 cm³/mol. The van der Waals surface area contributed by atoms with Crippen LogP contribution in [0.3, 0.4) is 0 Å². The van der Waals surface area contributed by atoms with Crippen molar-refractivity contribution in [3.05, 3.63) is 58.9 Å². The van der Waals surface area contributed by atoms with Crippen LogP contribution in [0.25, 0.3) is 0 Å². The first-order valence-electron chi connectivity index (χ1n) is 10.8. The van der Waals surface area contributed by atoms with E-state index in [2.05, 4.69) is 17.0 Å². The maximum absolute atomic E-state index is 13.4. The van der Waals surface area contributed by atoms with E-state index in [0.717, 1.165) is 17.7 Å². The molecule has 32 heavy (non-hydrogen) atoms. The predicted octanol–water partition coefficient (Wildman–Crippen LogP) is 1.47. The number of benzene rings is 1. The van der Waals surface area contributed by atoms with E-state index in [1.165, 1.54) is 0 Å². The van der Waals surface area contributed by atoms with Gasteiger partial charge in [-0.05, 0) is 43.5 Å². The second-order valence-electron chi connectivity index (χ2n) is 8.67. The van der Waals surface area contributed by atoms with Crippen molar-refractivity contribution in [2.75, 3.05) is 6.61 Å². The molecule has 0 saturated carbocycles. The van der Waals surface area contributed by atoms with Gasteiger partial charge in [-0.2, -0.15) is 5.10 Å². The molecule has 0 radical (unpaired) electrons. The summed E-state index contributed by atoms with van der Waals surface area (Å²) in [6, 6.07) is 4.26. The van der Waals surface area contributed by atoms with E-state index < -0.39 is 17.6 Å². The molecule has 1 aliphatic heterocycles. The summed E-state index contributed by atoms with van der Waals surface area (Å²) >= 11 is 0. The number of aryl methyl sites for hydroxylation is 2. The lowest BCUT2D eigenvalue weighted by molar-refractivity contribution is 0.0793. The van der Waals surface area contributed by atoms with Crippen molar-refractivity contribution >= 4 is 11.8 Å². The number of carbonyl (C=O) groups is 2. The van der Waals surface area contributed by atoms with E-state index in [9.17, 15) is 9.59 Å². The van der Waals surface area contributed by atoms with Crippen molar-refractivity contribution in [3.8, 4) is 5.75 Å². The quantitative estimate of drug-likeness (QED) is 0.379. The summed E-state index contributed by atoms with van der Waals surface area (Å²) in [5.74, 6) is -0.749. The zero-order valence-electron chi connectivity index (χ0n) is 18.4. The van der Waals surface area contributed by atoms with Crippen molar-refractivity contribution in [2.45, 2.75) is 50.9 Å². The zero-order chi connectivity index (χ0) is 23.2. The van der Waals surface area contributed by atoms with Crippen LogP contribution >= 0.6 is 0 Å². The van der Waals surface area contributed by atoms with Gasteiger partial charge in [0.15, 0.2) is 0 Å². The van der Waals surface area contributed by atoms with Crippen LogP contribution in [0, 0.1) is 12.8 Å². The average molecular weight is 439 g/mol. The molecule has 1 aromatic heterocycles. The minimum atomic E-state index is -1.29. The van der Waals surface area contributed by atoms with Crippen LogP contribution < -0.4 is 27.3 Å². The van der Waals surface area contributed by atoms with E-state index in [4.69, 9.17) is 21.9 Å². The van der Waals surface area contributed by atoms with Crippen molar-refractivity contribution < 1.29 is 14.3 Å². The first kappa shape index (κ1) is 22.0. The van der Waals surface area contributed by atoms with Crippen LogP contribution in [-0.4, -0.2) is 33.9 Å². The lowest BCUT2D eigenvalue weighted by atomic mass is 9.77. The summed E-state index contributed by atoms with van der Waals surface area (Å²) < 4.78 is 7.65. The van der Waals surface area contributed by atoms with Crippen LogP contribution in [-0.2, 0) is 6.54 Å². The van der Waals surface area contributed by atoms with E-state index in [0.29, 0.717) is 42.1 Å². The third-order valence-electron chi connectivity index (χ3n) is 6.43. The molecule has 0 fully saturated rings. The molecular weight excluding hydrogens is 408 g/mol. The van der Waals surface area contributed by atoms with Crippen LogP contribution in [0.1, 0.15) is 69.4 Å². The highest BCUT2D eigenvalue weighted by Gasteiger charge is 2.56. The molecule has 0 spiro atoms. The summed E-state index contributed by atoms with van der Waals surface area (Å²) in [7, 11) is 0. The molecule has 4 rings (SSSR count). The highest BCUT2D eigenvalue weighted by Crippen LogP contribution is 2.55. The number of amides is 2. The molecule has 2 aliphatic rings. The summed E-state index contributed by atoms with van der Waals surface area (Å²) in [6.45, 7) is 8.69. The number of nitrogens with two attached hydrogens (primary N) is 3. The third kappa shape index (κ3) is 3.37. The third-order valence-corrected chi connectivity index (χ3v) is 6.43. The van der Waals surface area contributed by atoms with Crippen molar-refractivity contribution in [2.24, 2.45) is 23.1 Å². The van der Waals surface area contributed by atoms with E-state index in [1.54, 1.807) is 22.9 Å². The Kier molecular flexibility index (Phi) is 5.56. The molecule has 1 aliphatic carbocycles. The average Bonchev–Trinajstić information content (AvgIpc) is 3.22. The maximum atomic E-state index is 13.4. The SMILES string of the molecule is C=CC[C@@H]1COc2cc(C(N)=O)cc3c2C1[C@@](N)(NC(=O)c1cc(C)nn1CCC)C3N. The Morgan fingerprint density at radius 3 is 2.81 bits per heavy atom. The fraction of sp³-hybridized carbons (Fsp3) is 0.435. The number of hydrogen-bond acceptors (Lipinski definition) is 6. The van der Waals surface area contributed by atoms with Gasteiger partial charge in [-0.25, -0.2) is 0 Å². The first-order valence-corrected chi connectivity index (χ1v) is 10.8. The van der Waals surface area contributed by atoms with Gasteiger partial charge in [0.05, 0.1) is 18.3 Å². The molecule has 7 N–H and O–H groups in total. The molecule has 170 valence electrons. The van der Waals surface area contributed by atoms with E-state index in [-0.39, 0.29) is 17.7 Å². The van der Waals surface area contributed by atoms with Crippen LogP contribution in [0.2, 0.25) is 0 Å². The van der Waals surface area contributed by atoms with E-state index in [1.807, 2.05) is 19.9 Å². The van der Waals surface area contributed by atoms with Crippen molar-refractivity contribution in [1.29, 1.82) is 0 Å². The molecule has 0 bridgehead atoms. The highest BCUT2D eigenvalue weighted by molar-refractivity contribution is 5.95. The Balaban J connectivity index is 1.78. The normalized spacial score (nSPS) is 25.7. The highest BCUT2D eigenvalue weighted by atomic mass is 16.5. The minimum Gasteiger partial charge on any atom is -0.493 e. The molecule has 2 aromatic rings. The Bertz CT molecular complexity index is 1090. The lowest BCUT2D eigenvalue weighted by Crippen LogP contribution is -2.64. The van der Waals surface area contributed by atoms with Gasteiger partial charge in [0.2, 0.25) is 5.91 Å². The number of hydrogen-bond donors (Lipinski definition) is 4. The van der Waals surface area contributed by atoms with Crippen molar-refractivity contribution in [3.63, 3.8) is 0 Å². The Labute approximate surface area is 187 Å². The standard InChI is InChI=1S/C23H30N6O3/c1-4-6-13-11-32-17-10-14(21(25)30)9-15-18(17)19(13)23(26,20(15)24)27-22(31)16-8-12(3)28-29(16)7-5-2/h4,8-10,13,19-20H,1,5-7,11,24,26H2,2-3H3,(H2,25,30)(H,27,31)/t13-,19?,20?,23-/m1/s1. The fourth-order valence-corrected chi connectivity index (χ4v) is 5.05. The van der Waals surface area contributed by atoms with Gasteiger partial charge in [0.1, 0.15) is 17.1 Å². The molecule has 9 nitrogen and oxygen atoms in total. The lowest BCUT2D eigenvalue weighted by Gasteiger charge is -2.41. The monoisotopic (exact) mass is 438 g/mol. The number of ether oxygens (including phenoxy) is 1. The van der Waals surface area contributed by atoms with Crippen LogP contribution in [0.4, 0.5) is 0 Å². The van der Waals surface area contributed by atoms with Gasteiger partial charge in [-0.1, -0.05) is 13.0 Å². The zero-order valence-corrected chi connectivity index (χ0v) is 18.4.